The lowest BCUT2D eigenvalue weighted by Gasteiger charge is -2.36. The number of aryl methyl sites for hydroxylation is 1. The number of methoxy groups -OCH3 is 1. The van der Waals surface area contributed by atoms with Gasteiger partial charge in [-0.2, -0.15) is 0 Å². The molecule has 0 spiro atoms. The van der Waals surface area contributed by atoms with Gasteiger partial charge in [0.05, 0.1) is 29.5 Å². The van der Waals surface area contributed by atoms with Crippen LogP contribution in [0.5, 0.6) is 0 Å². The number of ketones is 1. The fraction of sp³-hybridized carbons (Fsp3) is 0.579. The van der Waals surface area contributed by atoms with E-state index in [1.54, 1.807) is 19.1 Å². The van der Waals surface area contributed by atoms with Crippen molar-refractivity contribution in [3.63, 3.8) is 0 Å². The molecule has 2 atom stereocenters. The van der Waals surface area contributed by atoms with Crippen molar-refractivity contribution in [1.82, 2.24) is 0 Å². The van der Waals surface area contributed by atoms with E-state index in [2.05, 4.69) is 9.46 Å². The zero-order valence-electron chi connectivity index (χ0n) is 15.6. The largest absolute Gasteiger partial charge is 0.465 e. The molecule has 2 bridgehead atoms. The highest BCUT2D eigenvalue weighted by molar-refractivity contribution is 7.92. The maximum atomic E-state index is 12.9. The van der Waals surface area contributed by atoms with Crippen molar-refractivity contribution in [2.75, 3.05) is 17.6 Å². The molecule has 0 heterocycles. The van der Waals surface area contributed by atoms with Crippen molar-refractivity contribution in [2.24, 2.45) is 16.7 Å². The Bertz CT molecular complexity index is 874. The highest BCUT2D eigenvalue weighted by Crippen LogP contribution is 2.64. The quantitative estimate of drug-likeness (QED) is 0.795. The molecule has 7 heteroatoms. The highest BCUT2D eigenvalue weighted by atomic mass is 32.2. The number of sulfonamides is 1. The van der Waals surface area contributed by atoms with Crippen LogP contribution in [0, 0.1) is 23.7 Å². The van der Waals surface area contributed by atoms with Crippen LogP contribution in [0.25, 0.3) is 0 Å². The molecule has 2 saturated carbocycles. The average Bonchev–Trinajstić information content (AvgIpc) is 2.89. The Morgan fingerprint density at radius 2 is 2.04 bits per heavy atom. The van der Waals surface area contributed by atoms with E-state index in [0.29, 0.717) is 24.1 Å². The van der Waals surface area contributed by atoms with Crippen molar-refractivity contribution in [2.45, 2.75) is 40.0 Å². The molecule has 0 aliphatic heterocycles. The minimum atomic E-state index is -3.76. The predicted molar refractivity (Wildman–Crippen MR) is 98.5 cm³/mol. The van der Waals surface area contributed by atoms with Crippen LogP contribution in [-0.2, 0) is 19.6 Å². The first-order chi connectivity index (χ1) is 12.0. The van der Waals surface area contributed by atoms with Crippen LogP contribution in [0.4, 0.5) is 5.69 Å². The van der Waals surface area contributed by atoms with Crippen molar-refractivity contribution in [3.8, 4) is 0 Å². The first-order valence-corrected chi connectivity index (χ1v) is 10.4. The Hall–Kier alpha value is -1.89. The first kappa shape index (κ1) is 18.9. The number of ether oxygens (including phenoxy) is 1. The monoisotopic (exact) mass is 379 g/mol. The Kier molecular flexibility index (Phi) is 4.42. The lowest BCUT2D eigenvalue weighted by atomic mass is 9.70. The van der Waals surface area contributed by atoms with Crippen LogP contribution in [-0.4, -0.2) is 33.0 Å². The van der Waals surface area contributed by atoms with Gasteiger partial charge in [-0.1, -0.05) is 19.9 Å². The number of fused-ring (bicyclic) bond motifs is 2. The summed E-state index contributed by atoms with van der Waals surface area (Å²) >= 11 is 0. The third kappa shape index (κ3) is 2.82. The number of nitrogens with one attached hydrogen (secondary N) is 1. The summed E-state index contributed by atoms with van der Waals surface area (Å²) in [4.78, 5) is 24.3. The molecular formula is C19H25NO5S. The van der Waals surface area contributed by atoms with Gasteiger partial charge in [0.2, 0.25) is 10.0 Å². The fourth-order valence-electron chi connectivity index (χ4n) is 4.61. The summed E-state index contributed by atoms with van der Waals surface area (Å²) in [6.07, 6.45) is 1.98. The van der Waals surface area contributed by atoms with E-state index >= 15 is 0 Å². The van der Waals surface area contributed by atoms with Crippen LogP contribution < -0.4 is 4.72 Å². The molecule has 1 aromatic carbocycles. The SMILES string of the molecule is COC(=O)c1ccc(C)c(NS(=O)(=O)C[C@]23CC[C@H](CC2=O)C3(C)C)c1. The number of esters is 1. The number of rotatable bonds is 5. The van der Waals surface area contributed by atoms with E-state index in [-0.39, 0.29) is 28.4 Å². The summed E-state index contributed by atoms with van der Waals surface area (Å²) in [5, 5.41) is 0. The summed E-state index contributed by atoms with van der Waals surface area (Å²) in [6.45, 7) is 5.77. The topological polar surface area (TPSA) is 89.5 Å². The normalized spacial score (nSPS) is 26.8. The van der Waals surface area contributed by atoms with Crippen molar-refractivity contribution in [1.29, 1.82) is 0 Å². The van der Waals surface area contributed by atoms with Gasteiger partial charge < -0.3 is 4.74 Å². The number of hydrogen-bond acceptors (Lipinski definition) is 5. The van der Waals surface area contributed by atoms with Gasteiger partial charge in [-0.25, -0.2) is 13.2 Å². The molecule has 2 aliphatic carbocycles. The Labute approximate surface area is 154 Å². The van der Waals surface area contributed by atoms with E-state index in [1.165, 1.54) is 13.2 Å². The van der Waals surface area contributed by atoms with Crippen LogP contribution in [0.1, 0.15) is 49.0 Å². The number of carbonyl (C=O) groups is 2. The zero-order chi connectivity index (χ0) is 19.3. The minimum Gasteiger partial charge on any atom is -0.465 e. The van der Waals surface area contributed by atoms with Gasteiger partial charge in [-0.15, -0.1) is 0 Å². The molecule has 0 aromatic heterocycles. The second kappa shape index (κ2) is 6.08. The smallest absolute Gasteiger partial charge is 0.337 e. The van der Waals surface area contributed by atoms with Gasteiger partial charge in [0.15, 0.2) is 0 Å². The molecular weight excluding hydrogens is 354 g/mol. The molecule has 2 fully saturated rings. The van der Waals surface area contributed by atoms with Gasteiger partial charge in [-0.05, 0) is 48.8 Å². The van der Waals surface area contributed by atoms with Crippen LogP contribution in [0.15, 0.2) is 18.2 Å². The van der Waals surface area contributed by atoms with E-state index in [0.717, 1.165) is 6.42 Å². The molecule has 0 radical (unpaired) electrons. The maximum Gasteiger partial charge on any atom is 0.337 e. The number of anilines is 1. The molecule has 142 valence electrons. The van der Waals surface area contributed by atoms with E-state index in [9.17, 15) is 18.0 Å². The number of Topliss-reactive ketones (excluding diaryl/α,β-unsaturated/α-hetero) is 1. The molecule has 1 N–H and O–H groups in total. The molecule has 1 aromatic rings. The molecule has 3 rings (SSSR count). The Balaban J connectivity index is 1.89. The molecule has 2 aliphatic rings. The fourth-order valence-corrected chi connectivity index (χ4v) is 6.57. The minimum absolute atomic E-state index is 0.0594. The summed E-state index contributed by atoms with van der Waals surface area (Å²) < 4.78 is 33.1. The number of benzene rings is 1. The van der Waals surface area contributed by atoms with Crippen molar-refractivity contribution < 1.29 is 22.7 Å². The third-order valence-electron chi connectivity index (χ3n) is 6.50. The average molecular weight is 379 g/mol. The predicted octanol–water partition coefficient (Wildman–Crippen LogP) is 2.92. The molecule has 0 unspecified atom stereocenters. The van der Waals surface area contributed by atoms with Gasteiger partial charge in [0.25, 0.3) is 0 Å². The van der Waals surface area contributed by atoms with Gasteiger partial charge in [0.1, 0.15) is 5.78 Å². The summed E-state index contributed by atoms with van der Waals surface area (Å²) in [6, 6.07) is 4.72. The van der Waals surface area contributed by atoms with Crippen LogP contribution in [0.2, 0.25) is 0 Å². The molecule has 6 nitrogen and oxygen atoms in total. The zero-order valence-corrected chi connectivity index (χ0v) is 16.4. The first-order valence-electron chi connectivity index (χ1n) is 8.75. The van der Waals surface area contributed by atoms with Crippen molar-refractivity contribution in [3.05, 3.63) is 29.3 Å². The van der Waals surface area contributed by atoms with E-state index in [1.807, 2.05) is 13.8 Å². The molecule has 26 heavy (non-hydrogen) atoms. The van der Waals surface area contributed by atoms with Crippen LogP contribution in [0.3, 0.4) is 0 Å². The van der Waals surface area contributed by atoms with Gasteiger partial charge in [-0.3, -0.25) is 9.52 Å². The lowest BCUT2D eigenvalue weighted by molar-refractivity contribution is -0.128. The standard InChI is InChI=1S/C19H25NO5S/c1-12-5-6-13(17(22)25-4)9-15(12)20-26(23,24)11-19-8-7-14(10-16(19)21)18(19,2)3/h5-6,9,14,20H,7-8,10-11H2,1-4H3/t14-,19-/m1/s1. The second-order valence-corrected chi connectivity index (χ2v) is 9.77. The number of carbonyl (C=O) groups excluding carboxylic acids is 2. The summed E-state index contributed by atoms with van der Waals surface area (Å²) in [5.41, 5.74) is 0.161. The van der Waals surface area contributed by atoms with Gasteiger partial charge in [0, 0.05) is 6.42 Å². The molecule has 0 saturated heterocycles. The number of hydrogen-bond donors (Lipinski definition) is 1. The lowest BCUT2D eigenvalue weighted by Crippen LogP contribution is -2.43. The summed E-state index contributed by atoms with van der Waals surface area (Å²) in [5.74, 6) is -0.432. The Morgan fingerprint density at radius 1 is 1.35 bits per heavy atom. The van der Waals surface area contributed by atoms with E-state index < -0.39 is 21.4 Å². The highest BCUT2D eigenvalue weighted by Gasteiger charge is 2.65. The van der Waals surface area contributed by atoms with Gasteiger partial charge >= 0.3 is 5.97 Å². The third-order valence-corrected chi connectivity index (χ3v) is 7.90. The maximum absolute atomic E-state index is 12.9. The second-order valence-electron chi connectivity index (χ2n) is 8.05. The van der Waals surface area contributed by atoms with Crippen molar-refractivity contribution >= 4 is 27.5 Å². The van der Waals surface area contributed by atoms with E-state index in [4.69, 9.17) is 0 Å². The summed E-state index contributed by atoms with van der Waals surface area (Å²) in [7, 11) is -2.49. The molecule has 0 amide bonds. The Morgan fingerprint density at radius 3 is 2.58 bits per heavy atom. The van der Waals surface area contributed by atoms with Crippen LogP contribution >= 0.6 is 0 Å².